The second-order valence-electron chi connectivity index (χ2n) is 6.85. The Kier molecular flexibility index (Phi) is 4.59. The first kappa shape index (κ1) is 18.4. The lowest BCUT2D eigenvalue weighted by Crippen LogP contribution is -2.14. The average molecular weight is 389 g/mol. The number of anilines is 1. The van der Waals surface area contributed by atoms with Crippen molar-refractivity contribution >= 4 is 28.5 Å². The molecule has 0 saturated carbocycles. The lowest BCUT2D eigenvalue weighted by atomic mass is 10.1. The maximum atomic E-state index is 13.0. The zero-order chi connectivity index (χ0) is 20.5. The zero-order valence-electron chi connectivity index (χ0n) is 15.9. The average Bonchev–Trinajstić information content (AvgIpc) is 3.37. The molecule has 0 spiro atoms. The molecule has 2 amide bonds. The van der Waals surface area contributed by atoms with E-state index < -0.39 is 5.91 Å². The molecule has 0 unspecified atom stereocenters. The summed E-state index contributed by atoms with van der Waals surface area (Å²) in [5, 5.41) is 7.87. The van der Waals surface area contributed by atoms with Crippen LogP contribution < -0.4 is 11.1 Å². The molecule has 0 aliphatic heterocycles. The van der Waals surface area contributed by atoms with E-state index in [-0.39, 0.29) is 11.9 Å². The van der Waals surface area contributed by atoms with Gasteiger partial charge in [0.1, 0.15) is 5.69 Å². The number of rotatable bonds is 5. The van der Waals surface area contributed by atoms with Crippen LogP contribution in [-0.2, 0) is 0 Å². The first-order valence-corrected chi connectivity index (χ1v) is 9.07. The maximum Gasteiger partial charge on any atom is 0.256 e. The Hall–Kier alpha value is -3.94. The molecule has 0 bridgehead atoms. The van der Waals surface area contributed by atoms with Gasteiger partial charge in [-0.1, -0.05) is 0 Å². The Morgan fingerprint density at radius 1 is 1.17 bits per heavy atom. The predicted octanol–water partition coefficient (Wildman–Crippen LogP) is 3.62. The molecule has 3 heterocycles. The molecule has 146 valence electrons. The van der Waals surface area contributed by atoms with Crippen molar-refractivity contribution in [2.24, 2.45) is 5.73 Å². The molecule has 0 aliphatic carbocycles. The number of furan rings is 1. The number of pyridine rings is 1. The van der Waals surface area contributed by atoms with Crippen LogP contribution >= 0.6 is 0 Å². The first-order chi connectivity index (χ1) is 13.9. The van der Waals surface area contributed by atoms with Gasteiger partial charge in [0.15, 0.2) is 11.4 Å². The number of nitrogens with zero attached hydrogens (tertiary/aromatic N) is 3. The van der Waals surface area contributed by atoms with Crippen molar-refractivity contribution in [2.45, 2.75) is 19.9 Å². The summed E-state index contributed by atoms with van der Waals surface area (Å²) in [5.41, 5.74) is 7.73. The van der Waals surface area contributed by atoms with Crippen molar-refractivity contribution in [2.75, 3.05) is 5.32 Å². The molecule has 29 heavy (non-hydrogen) atoms. The van der Waals surface area contributed by atoms with Crippen LogP contribution in [0.4, 0.5) is 5.69 Å². The molecule has 4 rings (SSSR count). The van der Waals surface area contributed by atoms with Gasteiger partial charge in [0.25, 0.3) is 5.91 Å². The summed E-state index contributed by atoms with van der Waals surface area (Å²) < 4.78 is 7.23. The minimum absolute atomic E-state index is 0.0732. The number of nitrogens with two attached hydrogens (primary N) is 1. The Labute approximate surface area is 166 Å². The van der Waals surface area contributed by atoms with E-state index in [0.717, 1.165) is 0 Å². The molecule has 0 fully saturated rings. The van der Waals surface area contributed by atoms with E-state index in [2.05, 4.69) is 15.4 Å². The molecule has 8 heteroatoms. The number of carbonyl (C=O) groups excluding carboxylic acids is 2. The highest BCUT2D eigenvalue weighted by molar-refractivity contribution is 6.12. The van der Waals surface area contributed by atoms with E-state index in [4.69, 9.17) is 10.2 Å². The van der Waals surface area contributed by atoms with Gasteiger partial charge in [0.05, 0.1) is 23.4 Å². The van der Waals surface area contributed by atoms with E-state index in [1.807, 2.05) is 13.8 Å². The summed E-state index contributed by atoms with van der Waals surface area (Å²) in [6.45, 7) is 3.99. The quantitative estimate of drug-likeness (QED) is 0.541. The molecular formula is C21H19N5O3. The number of fused-ring (bicyclic) bond motifs is 1. The number of amides is 2. The smallest absolute Gasteiger partial charge is 0.256 e. The van der Waals surface area contributed by atoms with Gasteiger partial charge < -0.3 is 15.5 Å². The lowest BCUT2D eigenvalue weighted by molar-refractivity contribution is 0.0998. The SMILES string of the molecule is CC(C)n1ncc2c(C(=O)Nc3ccc(C(N)=O)cc3)cc(-c3ccco3)nc21. The molecule has 8 nitrogen and oxygen atoms in total. The Morgan fingerprint density at radius 2 is 1.93 bits per heavy atom. The van der Waals surface area contributed by atoms with E-state index in [1.165, 1.54) is 0 Å². The fourth-order valence-electron chi connectivity index (χ4n) is 3.05. The molecule has 1 aromatic carbocycles. The Bertz CT molecular complexity index is 1190. The highest BCUT2D eigenvalue weighted by atomic mass is 16.3. The van der Waals surface area contributed by atoms with Crippen LogP contribution in [0.1, 0.15) is 40.6 Å². The van der Waals surface area contributed by atoms with Crippen molar-refractivity contribution in [3.05, 3.63) is 66.1 Å². The molecule has 0 saturated heterocycles. The van der Waals surface area contributed by atoms with Crippen LogP contribution in [0.15, 0.2) is 59.3 Å². The van der Waals surface area contributed by atoms with Crippen LogP contribution in [0.2, 0.25) is 0 Å². The number of benzene rings is 1. The highest BCUT2D eigenvalue weighted by Gasteiger charge is 2.19. The molecule has 0 radical (unpaired) electrons. The van der Waals surface area contributed by atoms with E-state index >= 15 is 0 Å². The van der Waals surface area contributed by atoms with Gasteiger partial charge in [-0.2, -0.15) is 5.10 Å². The van der Waals surface area contributed by atoms with Gasteiger partial charge in [-0.25, -0.2) is 9.67 Å². The van der Waals surface area contributed by atoms with Crippen molar-refractivity contribution in [1.29, 1.82) is 0 Å². The van der Waals surface area contributed by atoms with Gasteiger partial charge >= 0.3 is 0 Å². The molecule has 0 aliphatic rings. The van der Waals surface area contributed by atoms with Gasteiger partial charge in [-0.3, -0.25) is 9.59 Å². The molecule has 4 aromatic rings. The monoisotopic (exact) mass is 389 g/mol. The summed E-state index contributed by atoms with van der Waals surface area (Å²) >= 11 is 0. The number of nitrogens with one attached hydrogen (secondary N) is 1. The van der Waals surface area contributed by atoms with Crippen molar-refractivity contribution < 1.29 is 14.0 Å². The third-order valence-electron chi connectivity index (χ3n) is 4.50. The maximum absolute atomic E-state index is 13.0. The largest absolute Gasteiger partial charge is 0.463 e. The van der Waals surface area contributed by atoms with Crippen LogP contribution in [0, 0.1) is 0 Å². The van der Waals surface area contributed by atoms with Crippen molar-refractivity contribution in [3.63, 3.8) is 0 Å². The van der Waals surface area contributed by atoms with E-state index in [9.17, 15) is 9.59 Å². The third kappa shape index (κ3) is 3.47. The summed E-state index contributed by atoms with van der Waals surface area (Å²) in [5.74, 6) is -0.286. The predicted molar refractivity (Wildman–Crippen MR) is 109 cm³/mol. The summed E-state index contributed by atoms with van der Waals surface area (Å²) in [7, 11) is 0. The van der Waals surface area contributed by atoms with Gasteiger partial charge in [-0.05, 0) is 56.3 Å². The molecular weight excluding hydrogens is 370 g/mol. The first-order valence-electron chi connectivity index (χ1n) is 9.07. The summed E-state index contributed by atoms with van der Waals surface area (Å²) in [6, 6.07) is 11.7. The Morgan fingerprint density at radius 3 is 2.55 bits per heavy atom. The van der Waals surface area contributed by atoms with Crippen LogP contribution in [-0.4, -0.2) is 26.6 Å². The van der Waals surface area contributed by atoms with Crippen molar-refractivity contribution in [3.8, 4) is 11.5 Å². The second-order valence-corrected chi connectivity index (χ2v) is 6.85. The van der Waals surface area contributed by atoms with Gasteiger partial charge in [0, 0.05) is 17.3 Å². The highest BCUT2D eigenvalue weighted by Crippen LogP contribution is 2.27. The number of hydrogen-bond donors (Lipinski definition) is 2. The van der Waals surface area contributed by atoms with Crippen LogP contribution in [0.25, 0.3) is 22.5 Å². The van der Waals surface area contributed by atoms with Crippen LogP contribution in [0.3, 0.4) is 0 Å². The topological polar surface area (TPSA) is 116 Å². The standard InChI is InChI=1S/C21H19N5O3/c1-12(2)26-20-16(11-23-26)15(10-17(25-20)18-4-3-9-29-18)21(28)24-14-7-5-13(6-8-14)19(22)27/h3-12H,1-2H3,(H2,22,27)(H,24,28). The van der Waals surface area contributed by atoms with Gasteiger partial charge in [-0.15, -0.1) is 0 Å². The van der Waals surface area contributed by atoms with E-state index in [0.29, 0.717) is 39.3 Å². The molecule has 3 N–H and O–H groups in total. The number of hydrogen-bond acceptors (Lipinski definition) is 5. The van der Waals surface area contributed by atoms with Gasteiger partial charge in [0.2, 0.25) is 5.91 Å². The zero-order valence-corrected chi connectivity index (χ0v) is 15.9. The van der Waals surface area contributed by atoms with Crippen molar-refractivity contribution in [1.82, 2.24) is 14.8 Å². The minimum Gasteiger partial charge on any atom is -0.463 e. The fourth-order valence-corrected chi connectivity index (χ4v) is 3.05. The second kappa shape index (κ2) is 7.23. The number of carbonyl (C=O) groups is 2. The fraction of sp³-hybridized carbons (Fsp3) is 0.143. The number of aromatic nitrogens is 3. The van der Waals surface area contributed by atoms with Crippen LogP contribution in [0.5, 0.6) is 0 Å². The third-order valence-corrected chi connectivity index (χ3v) is 4.50. The minimum atomic E-state index is -0.525. The number of primary amides is 1. The molecule has 0 atom stereocenters. The Balaban J connectivity index is 1.77. The lowest BCUT2D eigenvalue weighted by Gasteiger charge is -2.10. The molecule has 3 aromatic heterocycles. The summed E-state index contributed by atoms with van der Waals surface area (Å²) in [6.07, 6.45) is 3.19. The summed E-state index contributed by atoms with van der Waals surface area (Å²) in [4.78, 5) is 28.9. The van der Waals surface area contributed by atoms with E-state index in [1.54, 1.807) is 59.6 Å². The normalized spacial score (nSPS) is 11.1.